The molecule has 1 amide bonds. The normalized spacial score (nSPS) is 17.8. The number of ether oxygens (including phenoxy) is 1. The first kappa shape index (κ1) is 15.8. The molecule has 1 aromatic rings. The summed E-state index contributed by atoms with van der Waals surface area (Å²) in [6, 6.07) is 7.29. The van der Waals surface area contributed by atoms with E-state index in [1.807, 2.05) is 12.1 Å². The van der Waals surface area contributed by atoms with Gasteiger partial charge in [-0.25, -0.2) is 0 Å². The highest BCUT2D eigenvalue weighted by Crippen LogP contribution is 2.35. The second-order valence-electron chi connectivity index (χ2n) is 6.03. The van der Waals surface area contributed by atoms with Crippen molar-refractivity contribution in [2.45, 2.75) is 45.4 Å². The average Bonchev–Trinajstić information content (AvgIpc) is 2.72. The molecule has 4 nitrogen and oxygen atoms in total. The smallest absolute Gasteiger partial charge is 0.230 e. The van der Waals surface area contributed by atoms with Crippen molar-refractivity contribution in [3.8, 4) is 5.75 Å². The summed E-state index contributed by atoms with van der Waals surface area (Å²) in [6.45, 7) is 2.35. The van der Waals surface area contributed by atoms with Gasteiger partial charge < -0.3 is 15.2 Å². The summed E-state index contributed by atoms with van der Waals surface area (Å²) >= 11 is 0. The van der Waals surface area contributed by atoms with Crippen LogP contribution in [0.25, 0.3) is 0 Å². The third-order valence-electron chi connectivity index (χ3n) is 4.23. The summed E-state index contributed by atoms with van der Waals surface area (Å²) in [7, 11) is 0. The molecule has 0 radical (unpaired) electrons. The third-order valence-corrected chi connectivity index (χ3v) is 4.23. The Hall–Kier alpha value is -1.55. The average molecular weight is 291 g/mol. The van der Waals surface area contributed by atoms with E-state index in [-0.39, 0.29) is 24.5 Å². The topological polar surface area (TPSA) is 58.6 Å². The minimum absolute atomic E-state index is 0.00313. The molecule has 0 unspecified atom stereocenters. The zero-order chi connectivity index (χ0) is 15.1. The lowest BCUT2D eigenvalue weighted by molar-refractivity contribution is -0.125. The van der Waals surface area contributed by atoms with Gasteiger partial charge >= 0.3 is 0 Å². The number of anilines is 1. The molecule has 1 fully saturated rings. The van der Waals surface area contributed by atoms with Crippen LogP contribution in [0.4, 0.5) is 5.69 Å². The van der Waals surface area contributed by atoms with Crippen molar-refractivity contribution in [2.24, 2.45) is 5.41 Å². The van der Waals surface area contributed by atoms with Crippen LogP contribution in [0.3, 0.4) is 0 Å². The molecule has 2 N–H and O–H groups in total. The van der Waals surface area contributed by atoms with E-state index in [2.05, 4.69) is 12.2 Å². The van der Waals surface area contributed by atoms with Crippen LogP contribution in [0.15, 0.2) is 24.3 Å². The Morgan fingerprint density at radius 3 is 2.38 bits per heavy atom. The van der Waals surface area contributed by atoms with Crippen LogP contribution >= 0.6 is 0 Å². The van der Waals surface area contributed by atoms with Crippen molar-refractivity contribution >= 4 is 11.6 Å². The van der Waals surface area contributed by atoms with Gasteiger partial charge in [-0.1, -0.05) is 32.6 Å². The minimum atomic E-state index is -0.247. The standard InChI is InChI=1S/C17H25NO3/c1-17(10-4-2-3-5-11-17)16(20)18-14-6-8-15(9-7-14)21-13-12-19/h6-9,19H,2-5,10-13H2,1H3,(H,18,20). The van der Waals surface area contributed by atoms with Gasteiger partial charge in [-0.15, -0.1) is 0 Å². The molecular weight excluding hydrogens is 266 g/mol. The first-order valence-electron chi connectivity index (χ1n) is 7.79. The summed E-state index contributed by atoms with van der Waals surface area (Å²) in [6.07, 6.45) is 6.68. The number of rotatable bonds is 5. The van der Waals surface area contributed by atoms with E-state index in [1.54, 1.807) is 12.1 Å². The summed E-state index contributed by atoms with van der Waals surface area (Å²) in [5.74, 6) is 0.816. The fraction of sp³-hybridized carbons (Fsp3) is 0.588. The van der Waals surface area contributed by atoms with Crippen LogP contribution in [-0.2, 0) is 4.79 Å². The quantitative estimate of drug-likeness (QED) is 0.818. The van der Waals surface area contributed by atoms with E-state index < -0.39 is 0 Å². The Labute approximate surface area is 126 Å². The van der Waals surface area contributed by atoms with Gasteiger partial charge in [0, 0.05) is 11.1 Å². The lowest BCUT2D eigenvalue weighted by Gasteiger charge is -2.26. The maximum absolute atomic E-state index is 12.5. The Bertz CT molecular complexity index is 448. The lowest BCUT2D eigenvalue weighted by atomic mass is 9.81. The van der Waals surface area contributed by atoms with Crippen LogP contribution in [0.2, 0.25) is 0 Å². The lowest BCUT2D eigenvalue weighted by Crippen LogP contribution is -2.33. The first-order valence-corrected chi connectivity index (χ1v) is 7.79. The van der Waals surface area contributed by atoms with Gasteiger partial charge in [0.25, 0.3) is 0 Å². The summed E-state index contributed by atoms with van der Waals surface area (Å²) in [5, 5.41) is 11.7. The van der Waals surface area contributed by atoms with Gasteiger partial charge in [0.2, 0.25) is 5.91 Å². The molecular formula is C17H25NO3. The highest BCUT2D eigenvalue weighted by Gasteiger charge is 2.33. The van der Waals surface area contributed by atoms with Gasteiger partial charge in [-0.05, 0) is 37.1 Å². The van der Waals surface area contributed by atoms with Gasteiger partial charge in [0.1, 0.15) is 12.4 Å². The molecule has 1 saturated carbocycles. The molecule has 21 heavy (non-hydrogen) atoms. The van der Waals surface area contributed by atoms with Gasteiger partial charge in [0.15, 0.2) is 0 Å². The van der Waals surface area contributed by atoms with Crippen molar-refractivity contribution in [1.82, 2.24) is 0 Å². The summed E-state index contributed by atoms with van der Waals surface area (Å²) in [4.78, 5) is 12.5. The van der Waals surface area contributed by atoms with Gasteiger partial charge in [-0.3, -0.25) is 4.79 Å². The van der Waals surface area contributed by atoms with E-state index in [9.17, 15) is 4.79 Å². The maximum atomic E-state index is 12.5. The van der Waals surface area contributed by atoms with Crippen molar-refractivity contribution < 1.29 is 14.6 Å². The van der Waals surface area contributed by atoms with Gasteiger partial charge in [-0.2, -0.15) is 0 Å². The predicted octanol–water partition coefficient (Wildman–Crippen LogP) is 3.36. The van der Waals surface area contributed by atoms with Crippen LogP contribution in [0.1, 0.15) is 45.4 Å². The predicted molar refractivity (Wildman–Crippen MR) is 83.5 cm³/mol. The highest BCUT2D eigenvalue weighted by molar-refractivity contribution is 5.95. The Morgan fingerprint density at radius 2 is 1.81 bits per heavy atom. The number of amides is 1. The van der Waals surface area contributed by atoms with Crippen molar-refractivity contribution in [2.75, 3.05) is 18.5 Å². The first-order chi connectivity index (χ1) is 10.1. The van der Waals surface area contributed by atoms with E-state index in [0.717, 1.165) is 31.4 Å². The van der Waals surface area contributed by atoms with E-state index >= 15 is 0 Å². The fourth-order valence-corrected chi connectivity index (χ4v) is 2.82. The fourth-order valence-electron chi connectivity index (χ4n) is 2.82. The zero-order valence-electron chi connectivity index (χ0n) is 12.7. The number of benzene rings is 1. The number of carbonyl (C=O) groups excluding carboxylic acids is 1. The molecule has 1 aliphatic rings. The zero-order valence-corrected chi connectivity index (χ0v) is 12.7. The Kier molecular flexibility index (Phi) is 5.62. The molecule has 1 aromatic carbocycles. The third kappa shape index (κ3) is 4.46. The second kappa shape index (κ2) is 7.46. The monoisotopic (exact) mass is 291 g/mol. The molecule has 0 saturated heterocycles. The summed E-state index contributed by atoms with van der Waals surface area (Å²) in [5.41, 5.74) is 0.546. The molecule has 0 aromatic heterocycles. The highest BCUT2D eigenvalue weighted by atomic mass is 16.5. The van der Waals surface area contributed by atoms with Gasteiger partial charge in [0.05, 0.1) is 6.61 Å². The van der Waals surface area contributed by atoms with E-state index in [4.69, 9.17) is 9.84 Å². The van der Waals surface area contributed by atoms with Crippen LogP contribution in [-0.4, -0.2) is 24.2 Å². The number of hydrogen-bond acceptors (Lipinski definition) is 3. The molecule has 2 rings (SSSR count). The number of hydrogen-bond donors (Lipinski definition) is 2. The van der Waals surface area contributed by atoms with E-state index in [1.165, 1.54) is 12.8 Å². The number of nitrogens with one attached hydrogen (secondary N) is 1. The molecule has 1 aliphatic carbocycles. The molecule has 4 heteroatoms. The van der Waals surface area contributed by atoms with E-state index in [0.29, 0.717) is 5.75 Å². The number of carbonyl (C=O) groups is 1. The minimum Gasteiger partial charge on any atom is -0.491 e. The summed E-state index contributed by atoms with van der Waals surface area (Å²) < 4.78 is 5.31. The SMILES string of the molecule is CC1(C(=O)Nc2ccc(OCCO)cc2)CCCCCC1. The maximum Gasteiger partial charge on any atom is 0.230 e. The molecule has 0 heterocycles. The van der Waals surface area contributed by atoms with Crippen LogP contribution in [0, 0.1) is 5.41 Å². The molecule has 0 spiro atoms. The Morgan fingerprint density at radius 1 is 1.19 bits per heavy atom. The molecule has 116 valence electrons. The largest absolute Gasteiger partial charge is 0.491 e. The number of aliphatic hydroxyl groups is 1. The molecule has 0 bridgehead atoms. The molecule has 0 atom stereocenters. The van der Waals surface area contributed by atoms with Crippen molar-refractivity contribution in [3.05, 3.63) is 24.3 Å². The molecule has 0 aliphatic heterocycles. The van der Waals surface area contributed by atoms with Crippen molar-refractivity contribution in [1.29, 1.82) is 0 Å². The van der Waals surface area contributed by atoms with Crippen LogP contribution in [0.5, 0.6) is 5.75 Å². The second-order valence-corrected chi connectivity index (χ2v) is 6.03. The Balaban J connectivity index is 1.95. The van der Waals surface area contributed by atoms with Crippen LogP contribution < -0.4 is 10.1 Å². The number of aliphatic hydroxyl groups excluding tert-OH is 1. The van der Waals surface area contributed by atoms with Crippen molar-refractivity contribution in [3.63, 3.8) is 0 Å².